The zero-order chi connectivity index (χ0) is 21.4. The summed E-state index contributed by atoms with van der Waals surface area (Å²) in [4.78, 5) is 29.9. The number of benzene rings is 2. The van der Waals surface area contributed by atoms with Gasteiger partial charge in [0.1, 0.15) is 17.1 Å². The normalized spacial score (nSPS) is 11.4. The molecule has 8 heteroatoms. The molecule has 1 N–H and O–H groups in total. The molecule has 0 saturated carbocycles. The van der Waals surface area contributed by atoms with Gasteiger partial charge in [-0.25, -0.2) is 9.78 Å². The molecule has 0 aliphatic carbocycles. The Morgan fingerprint density at radius 3 is 2.71 bits per heavy atom. The van der Waals surface area contributed by atoms with E-state index in [1.54, 1.807) is 47.2 Å². The van der Waals surface area contributed by atoms with Gasteiger partial charge in [-0.15, -0.1) is 0 Å². The number of fused-ring (bicyclic) bond motifs is 2. The molecule has 0 fully saturated rings. The van der Waals surface area contributed by atoms with Crippen LogP contribution in [0.2, 0.25) is 0 Å². The first-order chi connectivity index (χ1) is 15.1. The lowest BCUT2D eigenvalue weighted by Crippen LogP contribution is -2.23. The molecule has 7 nitrogen and oxygen atoms in total. The van der Waals surface area contributed by atoms with Gasteiger partial charge in [-0.05, 0) is 42.0 Å². The molecular formula is C23H16N2O5S. The van der Waals surface area contributed by atoms with E-state index in [1.807, 2.05) is 6.07 Å². The Hall–Kier alpha value is -3.78. The maximum atomic E-state index is 13.2. The highest BCUT2D eigenvalue weighted by Gasteiger charge is 2.15. The van der Waals surface area contributed by atoms with E-state index in [9.17, 15) is 14.7 Å². The molecule has 5 rings (SSSR count). The number of aromatic hydroxyl groups is 1. The molecule has 0 radical (unpaired) electrons. The van der Waals surface area contributed by atoms with Crippen LogP contribution in [0, 0.1) is 0 Å². The molecule has 0 atom stereocenters. The van der Waals surface area contributed by atoms with Gasteiger partial charge in [0.05, 0.1) is 23.7 Å². The van der Waals surface area contributed by atoms with Gasteiger partial charge in [-0.1, -0.05) is 23.9 Å². The number of aromatic nitrogens is 2. The Balaban J connectivity index is 1.58. The van der Waals surface area contributed by atoms with E-state index in [2.05, 4.69) is 0 Å². The molecule has 0 aliphatic rings. The van der Waals surface area contributed by atoms with Gasteiger partial charge in [0, 0.05) is 23.3 Å². The van der Waals surface area contributed by atoms with E-state index in [0.717, 1.165) is 5.56 Å². The second kappa shape index (κ2) is 7.81. The van der Waals surface area contributed by atoms with Gasteiger partial charge >= 0.3 is 5.63 Å². The van der Waals surface area contributed by atoms with Crippen LogP contribution < -0.4 is 11.2 Å². The van der Waals surface area contributed by atoms with E-state index >= 15 is 0 Å². The van der Waals surface area contributed by atoms with Crippen molar-refractivity contribution in [2.24, 2.45) is 0 Å². The minimum absolute atomic E-state index is 0.0175. The van der Waals surface area contributed by atoms with Gasteiger partial charge in [-0.2, -0.15) is 0 Å². The minimum atomic E-state index is -0.506. The molecule has 2 aromatic carbocycles. The van der Waals surface area contributed by atoms with Crippen LogP contribution in [-0.2, 0) is 12.3 Å². The first-order valence-electron chi connectivity index (χ1n) is 9.49. The molecule has 0 unspecified atom stereocenters. The smallest absolute Gasteiger partial charge is 0.336 e. The SMILES string of the molecule is O=c1cc(CSc2nc3ccccc3c(=O)n2Cc2ccco2)c2ccc(O)cc2o1. The third-order valence-corrected chi connectivity index (χ3v) is 5.92. The topological polar surface area (TPSA) is 98.5 Å². The van der Waals surface area contributed by atoms with E-state index in [0.29, 0.717) is 38.5 Å². The molecule has 0 bridgehead atoms. The molecule has 3 aromatic heterocycles. The average Bonchev–Trinajstić information content (AvgIpc) is 3.27. The standard InChI is InChI=1S/C23H16N2O5S/c26-15-7-8-17-14(10-21(27)30-20(17)11-15)13-31-23-24-19-6-2-1-5-18(19)22(28)25(23)12-16-4-3-9-29-16/h1-11,26H,12-13H2. The second-order valence-electron chi connectivity index (χ2n) is 6.94. The van der Waals surface area contributed by atoms with Crippen molar-refractivity contribution in [3.63, 3.8) is 0 Å². The number of hydrogen-bond acceptors (Lipinski definition) is 7. The maximum Gasteiger partial charge on any atom is 0.336 e. The Morgan fingerprint density at radius 1 is 1.00 bits per heavy atom. The molecule has 5 aromatic rings. The zero-order valence-corrected chi connectivity index (χ0v) is 17.0. The Bertz CT molecular complexity index is 1520. The lowest BCUT2D eigenvalue weighted by Gasteiger charge is -2.12. The monoisotopic (exact) mass is 432 g/mol. The maximum absolute atomic E-state index is 13.2. The highest BCUT2D eigenvalue weighted by atomic mass is 32.2. The Kier molecular flexibility index (Phi) is 4.83. The highest BCUT2D eigenvalue weighted by Crippen LogP contribution is 2.28. The summed E-state index contributed by atoms with van der Waals surface area (Å²) in [6.45, 7) is 0.248. The van der Waals surface area contributed by atoms with Gasteiger partial charge in [0.25, 0.3) is 5.56 Å². The summed E-state index contributed by atoms with van der Waals surface area (Å²) in [6.07, 6.45) is 1.56. The van der Waals surface area contributed by atoms with E-state index < -0.39 is 5.63 Å². The van der Waals surface area contributed by atoms with Crippen LogP contribution in [0.25, 0.3) is 21.9 Å². The van der Waals surface area contributed by atoms with Crippen LogP contribution in [0.5, 0.6) is 5.75 Å². The van der Waals surface area contributed by atoms with Crippen molar-refractivity contribution in [3.8, 4) is 5.75 Å². The number of rotatable bonds is 5. The van der Waals surface area contributed by atoms with Crippen molar-refractivity contribution in [2.75, 3.05) is 0 Å². The van der Waals surface area contributed by atoms with Crippen LogP contribution in [-0.4, -0.2) is 14.7 Å². The van der Waals surface area contributed by atoms with Crippen molar-refractivity contribution in [2.45, 2.75) is 17.5 Å². The minimum Gasteiger partial charge on any atom is -0.508 e. The summed E-state index contributed by atoms with van der Waals surface area (Å²) in [5.74, 6) is 1.04. The molecule has 3 heterocycles. The number of hydrogen-bond donors (Lipinski definition) is 1. The molecule has 0 spiro atoms. The van der Waals surface area contributed by atoms with Crippen LogP contribution >= 0.6 is 11.8 Å². The fourth-order valence-electron chi connectivity index (χ4n) is 3.44. The third kappa shape index (κ3) is 3.73. The molecular weight excluding hydrogens is 416 g/mol. The van der Waals surface area contributed by atoms with Crippen LogP contribution in [0.4, 0.5) is 0 Å². The fraction of sp³-hybridized carbons (Fsp3) is 0.0870. The Morgan fingerprint density at radius 2 is 1.87 bits per heavy atom. The first-order valence-corrected chi connectivity index (χ1v) is 10.5. The number of phenolic OH excluding ortho intramolecular Hbond substituents is 1. The van der Waals surface area contributed by atoms with Gasteiger partial charge in [0.2, 0.25) is 0 Å². The lowest BCUT2D eigenvalue weighted by molar-refractivity contribution is 0.473. The van der Waals surface area contributed by atoms with Gasteiger partial charge in [-0.3, -0.25) is 9.36 Å². The Labute approximate surface area is 179 Å². The number of thioether (sulfide) groups is 1. The predicted octanol–water partition coefficient (Wildman–Crippen LogP) is 4.14. The number of furan rings is 1. The molecule has 31 heavy (non-hydrogen) atoms. The van der Waals surface area contributed by atoms with Crippen molar-refractivity contribution in [3.05, 3.63) is 99.0 Å². The van der Waals surface area contributed by atoms with Gasteiger partial charge < -0.3 is 13.9 Å². The summed E-state index contributed by atoms with van der Waals surface area (Å²) >= 11 is 1.35. The second-order valence-corrected chi connectivity index (χ2v) is 7.88. The van der Waals surface area contributed by atoms with E-state index in [1.165, 1.54) is 30.0 Å². The van der Waals surface area contributed by atoms with Crippen molar-refractivity contribution < 1.29 is 13.9 Å². The highest BCUT2D eigenvalue weighted by molar-refractivity contribution is 7.98. The van der Waals surface area contributed by atoms with Crippen molar-refractivity contribution in [1.29, 1.82) is 0 Å². The van der Waals surface area contributed by atoms with Crippen molar-refractivity contribution in [1.82, 2.24) is 9.55 Å². The first kappa shape index (κ1) is 19.2. The number of phenols is 1. The lowest BCUT2D eigenvalue weighted by atomic mass is 10.1. The molecule has 0 amide bonds. The van der Waals surface area contributed by atoms with Crippen LogP contribution in [0.3, 0.4) is 0 Å². The summed E-state index contributed by atoms with van der Waals surface area (Å²) < 4.78 is 12.2. The number of para-hydroxylation sites is 1. The van der Waals surface area contributed by atoms with Crippen LogP contribution in [0.15, 0.2) is 90.5 Å². The summed E-state index contributed by atoms with van der Waals surface area (Å²) in [7, 11) is 0. The van der Waals surface area contributed by atoms with E-state index in [4.69, 9.17) is 13.8 Å². The average molecular weight is 432 g/mol. The largest absolute Gasteiger partial charge is 0.508 e. The van der Waals surface area contributed by atoms with Gasteiger partial charge in [0.15, 0.2) is 5.16 Å². The summed E-state index contributed by atoms with van der Waals surface area (Å²) in [5.41, 5.74) is 0.971. The summed E-state index contributed by atoms with van der Waals surface area (Å²) in [6, 6.07) is 16.8. The molecule has 154 valence electrons. The quantitative estimate of drug-likeness (QED) is 0.253. The molecule has 0 aliphatic heterocycles. The fourth-order valence-corrected chi connectivity index (χ4v) is 4.43. The zero-order valence-electron chi connectivity index (χ0n) is 16.1. The number of nitrogens with zero attached hydrogens (tertiary/aromatic N) is 2. The van der Waals surface area contributed by atoms with Crippen LogP contribution in [0.1, 0.15) is 11.3 Å². The predicted molar refractivity (Wildman–Crippen MR) is 118 cm³/mol. The summed E-state index contributed by atoms with van der Waals surface area (Å²) in [5, 5.41) is 11.4. The van der Waals surface area contributed by atoms with Crippen molar-refractivity contribution >= 4 is 33.6 Å². The van der Waals surface area contributed by atoms with E-state index in [-0.39, 0.29) is 17.9 Å². The molecule has 0 saturated heterocycles. The third-order valence-electron chi connectivity index (χ3n) is 4.89.